The van der Waals surface area contributed by atoms with Gasteiger partial charge in [0.15, 0.2) is 11.5 Å². The molecule has 10 nitrogen and oxygen atoms in total. The summed E-state index contributed by atoms with van der Waals surface area (Å²) in [4.78, 5) is 28.5. The molecule has 3 aromatic heterocycles. The number of benzene rings is 1. The van der Waals surface area contributed by atoms with E-state index < -0.39 is 11.8 Å². The summed E-state index contributed by atoms with van der Waals surface area (Å²) in [6, 6.07) is 5.45. The van der Waals surface area contributed by atoms with Crippen molar-refractivity contribution < 1.29 is 24.1 Å². The number of hydrogen-bond acceptors (Lipinski definition) is 8. The van der Waals surface area contributed by atoms with Gasteiger partial charge in [-0.3, -0.25) is 4.98 Å². The molecule has 0 amide bonds. The van der Waals surface area contributed by atoms with Gasteiger partial charge in [-0.2, -0.15) is 0 Å². The molecule has 3 heterocycles. The van der Waals surface area contributed by atoms with E-state index in [9.17, 15) is 9.50 Å². The van der Waals surface area contributed by atoms with E-state index in [0.717, 1.165) is 27.8 Å². The highest BCUT2D eigenvalue weighted by Crippen LogP contribution is 2.43. The summed E-state index contributed by atoms with van der Waals surface area (Å²) in [7, 11) is 1.64. The van der Waals surface area contributed by atoms with Crippen LogP contribution < -0.4 is 10.1 Å². The van der Waals surface area contributed by atoms with Crippen LogP contribution in [0.4, 0.5) is 15.0 Å². The first-order valence-corrected chi connectivity index (χ1v) is 11.2. The number of anilines is 1. The van der Waals surface area contributed by atoms with Gasteiger partial charge in [0.05, 0.1) is 25.2 Å². The summed E-state index contributed by atoms with van der Waals surface area (Å²) in [6.45, 7) is 7.36. The number of pyridine rings is 1. The Morgan fingerprint density at radius 2 is 1.94 bits per heavy atom. The van der Waals surface area contributed by atoms with Crippen LogP contribution in [0.3, 0.4) is 0 Å². The van der Waals surface area contributed by atoms with Crippen LogP contribution in [-0.4, -0.2) is 48.5 Å². The maximum Gasteiger partial charge on any atom is 0.492 e. The van der Waals surface area contributed by atoms with Crippen LogP contribution in [0.1, 0.15) is 43.6 Å². The van der Waals surface area contributed by atoms with Crippen molar-refractivity contribution >= 4 is 34.8 Å². The van der Waals surface area contributed by atoms with E-state index in [0.29, 0.717) is 27.9 Å². The molecule has 0 bridgehead atoms. The first-order valence-electron chi connectivity index (χ1n) is 10.8. The molecule has 1 atom stereocenters. The van der Waals surface area contributed by atoms with Crippen LogP contribution in [0.25, 0.3) is 22.3 Å². The van der Waals surface area contributed by atoms with Crippen LogP contribution in [0.2, 0.25) is 5.02 Å². The zero-order chi connectivity index (χ0) is 26.6. The number of nitrogens with one attached hydrogen (secondary N) is 2. The van der Waals surface area contributed by atoms with E-state index in [2.05, 4.69) is 30.2 Å². The van der Waals surface area contributed by atoms with E-state index in [-0.39, 0.29) is 6.04 Å². The Kier molecular flexibility index (Phi) is 8.06. The molecule has 1 aromatic carbocycles. The Labute approximate surface area is 211 Å². The van der Waals surface area contributed by atoms with Gasteiger partial charge in [-0.1, -0.05) is 17.7 Å². The Morgan fingerprint density at radius 3 is 2.53 bits per heavy atom. The predicted molar refractivity (Wildman–Crippen MR) is 134 cm³/mol. The number of carbonyl (C=O) groups is 1. The minimum absolute atomic E-state index is 0.188. The molecule has 0 spiro atoms. The van der Waals surface area contributed by atoms with Crippen LogP contribution >= 0.6 is 11.6 Å². The Morgan fingerprint density at radius 1 is 1.25 bits per heavy atom. The van der Waals surface area contributed by atoms with Gasteiger partial charge < -0.3 is 25.3 Å². The number of ether oxygens (including phenoxy) is 1. The molecule has 0 saturated heterocycles. The highest BCUT2D eigenvalue weighted by molar-refractivity contribution is 6.32. The van der Waals surface area contributed by atoms with E-state index in [1.165, 1.54) is 6.33 Å². The third kappa shape index (κ3) is 5.86. The summed E-state index contributed by atoms with van der Waals surface area (Å²) in [6.07, 6.45) is 2.45. The smallest absolute Gasteiger partial charge is 0.492 e. The number of halogens is 2. The van der Waals surface area contributed by atoms with Crippen molar-refractivity contribution in [3.8, 4) is 16.9 Å². The number of hydrogen-bond donors (Lipinski definition) is 4. The van der Waals surface area contributed by atoms with Gasteiger partial charge in [-0.05, 0) is 45.4 Å². The molecule has 36 heavy (non-hydrogen) atoms. The van der Waals surface area contributed by atoms with E-state index in [4.69, 9.17) is 26.2 Å². The zero-order valence-electron chi connectivity index (χ0n) is 20.3. The highest BCUT2D eigenvalue weighted by Gasteiger charge is 2.23. The first-order chi connectivity index (χ1) is 16.9. The number of carboxylic acid groups (broad SMARTS) is 1. The van der Waals surface area contributed by atoms with Crippen molar-refractivity contribution in [1.82, 2.24) is 24.9 Å². The second kappa shape index (κ2) is 10.8. The molecule has 0 fully saturated rings. The van der Waals surface area contributed by atoms with E-state index in [1.807, 2.05) is 32.0 Å². The van der Waals surface area contributed by atoms with E-state index in [1.54, 1.807) is 33.5 Å². The van der Waals surface area contributed by atoms with Crippen LogP contribution in [-0.2, 0) is 5.60 Å². The average Bonchev–Trinajstić information content (AvgIpc) is 3.29. The Bertz CT molecular complexity index is 1370. The summed E-state index contributed by atoms with van der Waals surface area (Å²) >= 11 is 6.64. The molecule has 0 aliphatic carbocycles. The average molecular weight is 517 g/mol. The molecule has 0 radical (unpaired) electrons. The lowest BCUT2D eigenvalue weighted by Gasteiger charge is -2.23. The summed E-state index contributed by atoms with van der Waals surface area (Å²) < 4.78 is 15.8. The standard InChI is InChI=1S/C23H25ClN6O2.CHFO2/c1-12-16(24)8-15(13(2)30-22-19-21(27-10-26-19)28-11-29-22)20(32-5)18(12)14-6-7-17(25-9-14)23(3,4)31;2-1(3)4/h6-11,13,31H,1-5H3,(H2,26,27,28,29,30);(H,3,4). The second-order valence-electron chi connectivity index (χ2n) is 8.41. The summed E-state index contributed by atoms with van der Waals surface area (Å²) in [5.74, 6) is 1.33. The predicted octanol–water partition coefficient (Wildman–Crippen LogP) is 5.42. The van der Waals surface area contributed by atoms with Crippen molar-refractivity contribution in [3.63, 3.8) is 0 Å². The lowest BCUT2D eigenvalue weighted by Crippen LogP contribution is -2.17. The third-order valence-corrected chi connectivity index (χ3v) is 5.82. The van der Waals surface area contributed by atoms with Gasteiger partial charge in [0.1, 0.15) is 23.2 Å². The van der Waals surface area contributed by atoms with Crippen molar-refractivity contribution in [2.24, 2.45) is 0 Å². The Balaban J connectivity index is 0.000000840. The Hall–Kier alpha value is -3.83. The number of H-pyrrole nitrogens is 1. The van der Waals surface area contributed by atoms with Gasteiger partial charge in [-0.15, -0.1) is 4.39 Å². The number of aliphatic hydroxyl groups is 1. The van der Waals surface area contributed by atoms with Crippen molar-refractivity contribution in [2.45, 2.75) is 39.3 Å². The van der Waals surface area contributed by atoms with Gasteiger partial charge in [0, 0.05) is 27.9 Å². The van der Waals surface area contributed by atoms with Gasteiger partial charge in [0.2, 0.25) is 0 Å². The molecule has 0 aliphatic heterocycles. The molecule has 4 aromatic rings. The molecule has 1 unspecified atom stereocenters. The number of fused-ring (bicyclic) bond motifs is 1. The zero-order valence-corrected chi connectivity index (χ0v) is 21.1. The van der Waals surface area contributed by atoms with Crippen LogP contribution in [0.5, 0.6) is 5.75 Å². The summed E-state index contributed by atoms with van der Waals surface area (Å²) in [5, 5.41) is 21.0. The molecule has 4 rings (SSSR count). The molecular weight excluding hydrogens is 491 g/mol. The molecular formula is C24H26ClFN6O4. The minimum Gasteiger partial charge on any atom is -0.496 e. The molecule has 4 N–H and O–H groups in total. The van der Waals surface area contributed by atoms with Crippen molar-refractivity contribution in [1.29, 1.82) is 0 Å². The van der Waals surface area contributed by atoms with Crippen molar-refractivity contribution in [2.75, 3.05) is 12.4 Å². The molecule has 0 saturated carbocycles. The normalized spacial score (nSPS) is 12.0. The highest BCUT2D eigenvalue weighted by atomic mass is 35.5. The fraction of sp³-hybridized carbons (Fsp3) is 0.292. The topological polar surface area (TPSA) is 146 Å². The molecule has 0 aliphatic rings. The lowest BCUT2D eigenvalue weighted by molar-refractivity contribution is 0.0739. The fourth-order valence-corrected chi connectivity index (χ4v) is 3.91. The fourth-order valence-electron chi connectivity index (χ4n) is 3.69. The quantitative estimate of drug-likeness (QED) is 0.246. The minimum atomic E-state index is -2.33. The maximum atomic E-state index is 10.2. The second-order valence-corrected chi connectivity index (χ2v) is 8.82. The number of aromatic nitrogens is 5. The first kappa shape index (κ1) is 26.8. The molecule has 190 valence electrons. The van der Waals surface area contributed by atoms with Crippen molar-refractivity contribution in [3.05, 3.63) is 58.9 Å². The maximum absolute atomic E-state index is 10.2. The summed E-state index contributed by atoms with van der Waals surface area (Å²) in [5.41, 5.74) is 4.33. The van der Waals surface area contributed by atoms with Gasteiger partial charge >= 0.3 is 6.22 Å². The van der Waals surface area contributed by atoms with Gasteiger partial charge in [0.25, 0.3) is 0 Å². The SMILES string of the molecule is COc1c(C(C)Nc2ncnc3nc[nH]c23)cc(Cl)c(C)c1-c1ccc(C(C)(C)O)nc1.O=C(O)F. The number of imidazole rings is 1. The third-order valence-electron chi connectivity index (χ3n) is 5.43. The monoisotopic (exact) mass is 516 g/mol. The number of nitrogens with zero attached hydrogens (tertiary/aromatic N) is 4. The van der Waals surface area contributed by atoms with Crippen LogP contribution in [0, 0.1) is 6.92 Å². The number of aromatic amines is 1. The number of methoxy groups -OCH3 is 1. The van der Waals surface area contributed by atoms with Crippen LogP contribution in [0.15, 0.2) is 37.1 Å². The lowest BCUT2D eigenvalue weighted by atomic mass is 9.94. The van der Waals surface area contributed by atoms with Gasteiger partial charge in [-0.25, -0.2) is 19.7 Å². The number of rotatable bonds is 6. The van der Waals surface area contributed by atoms with E-state index >= 15 is 0 Å². The largest absolute Gasteiger partial charge is 0.496 e. The molecule has 12 heteroatoms.